The second-order valence-corrected chi connectivity index (χ2v) is 9.12. The van der Waals surface area contributed by atoms with Crippen LogP contribution in [0.5, 0.6) is 0 Å². The number of ether oxygens (including phenoxy) is 1. The van der Waals surface area contributed by atoms with Gasteiger partial charge in [-0.3, -0.25) is 4.90 Å². The zero-order valence-electron chi connectivity index (χ0n) is 19.2. The normalized spacial score (nSPS) is 19.4. The molecule has 3 heteroatoms. The summed E-state index contributed by atoms with van der Waals surface area (Å²) in [6.07, 6.45) is 8.13. The molecule has 2 aromatic carbocycles. The molecule has 1 aliphatic carbocycles. The van der Waals surface area contributed by atoms with E-state index in [1.165, 1.54) is 32.1 Å². The summed E-state index contributed by atoms with van der Waals surface area (Å²) >= 11 is 0. The first-order valence-corrected chi connectivity index (χ1v) is 11.8. The maximum atomic E-state index is 12.8. The number of cyclic esters (lactones) is 1. The molecule has 1 amide bonds. The SMILES string of the molecule is CC(C)=C=C(/C(=C/C1CCCCC1)[C@@H]1CN(Cc2ccccc2)C(=O)O1)c1ccccc1. The van der Waals surface area contributed by atoms with Crippen LogP contribution in [-0.4, -0.2) is 23.6 Å². The van der Waals surface area contributed by atoms with E-state index in [1.54, 1.807) is 0 Å². The van der Waals surface area contributed by atoms with Crippen molar-refractivity contribution in [2.24, 2.45) is 5.92 Å². The average Bonchev–Trinajstić information content (AvgIpc) is 3.17. The van der Waals surface area contributed by atoms with Crippen LogP contribution in [0.2, 0.25) is 0 Å². The highest BCUT2D eigenvalue weighted by Gasteiger charge is 2.35. The van der Waals surface area contributed by atoms with Crippen molar-refractivity contribution in [3.05, 3.63) is 94.7 Å². The molecule has 0 aromatic heterocycles. The van der Waals surface area contributed by atoms with Crippen LogP contribution in [0.15, 0.2) is 83.6 Å². The molecule has 0 unspecified atom stereocenters. The van der Waals surface area contributed by atoms with Crippen LogP contribution in [0.3, 0.4) is 0 Å². The van der Waals surface area contributed by atoms with Gasteiger partial charge in [0.1, 0.15) is 6.10 Å². The van der Waals surface area contributed by atoms with Crippen molar-refractivity contribution in [3.8, 4) is 0 Å². The van der Waals surface area contributed by atoms with Crippen molar-refractivity contribution in [1.82, 2.24) is 4.90 Å². The standard InChI is InChI=1S/C29H33NO2/c1-22(2)18-26(25-16-10-5-11-17-25)27(19-23-12-6-3-7-13-23)28-21-30(29(31)32-28)20-24-14-8-4-9-15-24/h4-5,8-11,14-17,19,23,28H,3,6-7,12-13,20-21H2,1-2H3/b27-19-/t28-/m0/s1. The van der Waals surface area contributed by atoms with Crippen LogP contribution in [0.4, 0.5) is 4.79 Å². The summed E-state index contributed by atoms with van der Waals surface area (Å²) in [7, 11) is 0. The van der Waals surface area contributed by atoms with Crippen molar-refractivity contribution in [2.45, 2.75) is 58.6 Å². The minimum atomic E-state index is -0.282. The fourth-order valence-corrected chi connectivity index (χ4v) is 4.68. The van der Waals surface area contributed by atoms with Gasteiger partial charge in [-0.15, -0.1) is 5.73 Å². The minimum absolute atomic E-state index is 0.238. The second kappa shape index (κ2) is 10.5. The third kappa shape index (κ3) is 5.60. The van der Waals surface area contributed by atoms with Gasteiger partial charge in [-0.2, -0.15) is 0 Å². The zero-order chi connectivity index (χ0) is 22.3. The Kier molecular flexibility index (Phi) is 7.29. The summed E-state index contributed by atoms with van der Waals surface area (Å²) in [5.74, 6) is 0.526. The lowest BCUT2D eigenvalue weighted by molar-refractivity contribution is 0.142. The van der Waals surface area contributed by atoms with Crippen molar-refractivity contribution in [2.75, 3.05) is 6.54 Å². The first-order chi connectivity index (χ1) is 15.6. The predicted molar refractivity (Wildman–Crippen MR) is 130 cm³/mol. The molecule has 2 aromatic rings. The monoisotopic (exact) mass is 427 g/mol. The molecule has 2 aliphatic rings. The van der Waals surface area contributed by atoms with Gasteiger partial charge in [0.25, 0.3) is 0 Å². The van der Waals surface area contributed by atoms with E-state index in [-0.39, 0.29) is 12.2 Å². The van der Waals surface area contributed by atoms with Gasteiger partial charge < -0.3 is 4.74 Å². The average molecular weight is 428 g/mol. The lowest BCUT2D eigenvalue weighted by Gasteiger charge is -2.23. The van der Waals surface area contributed by atoms with Crippen molar-refractivity contribution in [1.29, 1.82) is 0 Å². The lowest BCUT2D eigenvalue weighted by Crippen LogP contribution is -2.25. The smallest absolute Gasteiger partial charge is 0.410 e. The van der Waals surface area contributed by atoms with Crippen molar-refractivity contribution in [3.63, 3.8) is 0 Å². The highest BCUT2D eigenvalue weighted by Crippen LogP contribution is 2.35. The molecule has 1 heterocycles. The van der Waals surface area contributed by atoms with E-state index < -0.39 is 0 Å². The largest absolute Gasteiger partial charge is 0.439 e. The maximum absolute atomic E-state index is 12.8. The molecule has 0 N–H and O–H groups in total. The molecule has 3 nitrogen and oxygen atoms in total. The molecular formula is C29H33NO2. The Balaban J connectivity index is 1.69. The molecular weight excluding hydrogens is 394 g/mol. The summed E-state index contributed by atoms with van der Waals surface area (Å²) in [4.78, 5) is 14.6. The molecule has 166 valence electrons. The Bertz CT molecular complexity index is 1010. The number of amides is 1. The molecule has 0 bridgehead atoms. The fraction of sp³-hybridized carbons (Fsp3) is 0.379. The van der Waals surface area contributed by atoms with Crippen LogP contribution in [0.1, 0.15) is 57.1 Å². The third-order valence-electron chi connectivity index (χ3n) is 6.24. The van der Waals surface area contributed by atoms with Crippen LogP contribution < -0.4 is 0 Å². The van der Waals surface area contributed by atoms with E-state index in [0.717, 1.165) is 27.8 Å². The van der Waals surface area contributed by atoms with Crippen LogP contribution in [-0.2, 0) is 11.3 Å². The highest BCUT2D eigenvalue weighted by molar-refractivity contribution is 5.82. The Morgan fingerprint density at radius 3 is 2.31 bits per heavy atom. The van der Waals surface area contributed by atoms with Crippen LogP contribution >= 0.6 is 0 Å². The topological polar surface area (TPSA) is 29.5 Å². The Hall–Kier alpha value is -3.03. The van der Waals surface area contributed by atoms with Gasteiger partial charge in [-0.1, -0.05) is 86.0 Å². The number of nitrogens with zero attached hydrogens (tertiary/aromatic N) is 1. The molecule has 1 saturated heterocycles. The van der Waals surface area contributed by atoms with E-state index in [2.05, 4.69) is 62.1 Å². The number of hydrogen-bond acceptors (Lipinski definition) is 2. The minimum Gasteiger partial charge on any atom is -0.439 e. The molecule has 4 rings (SSSR count). The van der Waals surface area contributed by atoms with E-state index in [4.69, 9.17) is 4.74 Å². The van der Waals surface area contributed by atoms with Crippen molar-refractivity contribution < 1.29 is 9.53 Å². The molecule has 1 saturated carbocycles. The van der Waals surface area contributed by atoms with E-state index >= 15 is 0 Å². The predicted octanol–water partition coefficient (Wildman–Crippen LogP) is 7.16. The summed E-state index contributed by atoms with van der Waals surface area (Å²) in [5, 5.41) is 0. The van der Waals surface area contributed by atoms with Crippen molar-refractivity contribution >= 4 is 11.7 Å². The number of allylic oxidation sites excluding steroid dienone is 1. The Labute approximate surface area is 192 Å². The molecule has 2 fully saturated rings. The third-order valence-corrected chi connectivity index (χ3v) is 6.24. The quantitative estimate of drug-likeness (QED) is 0.361. The van der Waals surface area contributed by atoms with Gasteiger partial charge in [-0.05, 0) is 49.3 Å². The number of carbonyl (C=O) groups is 1. The van der Waals surface area contributed by atoms with E-state index in [1.807, 2.05) is 29.2 Å². The maximum Gasteiger partial charge on any atom is 0.410 e. The number of rotatable bonds is 6. The lowest BCUT2D eigenvalue weighted by atomic mass is 9.84. The van der Waals surface area contributed by atoms with E-state index in [9.17, 15) is 4.79 Å². The van der Waals surface area contributed by atoms with E-state index in [0.29, 0.717) is 19.0 Å². The molecule has 1 aliphatic heterocycles. The fourth-order valence-electron chi connectivity index (χ4n) is 4.68. The van der Waals surface area contributed by atoms with Gasteiger partial charge >= 0.3 is 6.09 Å². The summed E-state index contributed by atoms with van der Waals surface area (Å²) in [6, 6.07) is 20.5. The number of carbonyl (C=O) groups excluding carboxylic acids is 1. The zero-order valence-corrected chi connectivity index (χ0v) is 19.2. The number of hydrogen-bond donors (Lipinski definition) is 0. The van der Waals surface area contributed by atoms with Crippen LogP contribution in [0.25, 0.3) is 5.57 Å². The molecule has 0 radical (unpaired) electrons. The molecule has 32 heavy (non-hydrogen) atoms. The number of benzene rings is 2. The summed E-state index contributed by atoms with van der Waals surface area (Å²) < 4.78 is 5.98. The highest BCUT2D eigenvalue weighted by atomic mass is 16.6. The van der Waals surface area contributed by atoms with Gasteiger partial charge in [0.15, 0.2) is 0 Å². The van der Waals surface area contributed by atoms with Crippen LogP contribution in [0, 0.1) is 5.92 Å². The molecule has 0 spiro atoms. The van der Waals surface area contributed by atoms with Gasteiger partial charge in [0.05, 0.1) is 6.54 Å². The van der Waals surface area contributed by atoms with Gasteiger partial charge in [0, 0.05) is 17.7 Å². The Morgan fingerprint density at radius 1 is 1.00 bits per heavy atom. The summed E-state index contributed by atoms with van der Waals surface area (Å²) in [5.41, 5.74) is 9.10. The molecule has 1 atom stereocenters. The summed E-state index contributed by atoms with van der Waals surface area (Å²) in [6.45, 7) is 5.28. The first kappa shape index (κ1) is 22.2. The first-order valence-electron chi connectivity index (χ1n) is 11.8. The van der Waals surface area contributed by atoms with Gasteiger partial charge in [0.2, 0.25) is 0 Å². The second-order valence-electron chi connectivity index (χ2n) is 9.12. The van der Waals surface area contributed by atoms with Gasteiger partial charge in [-0.25, -0.2) is 4.79 Å². The Morgan fingerprint density at radius 2 is 1.66 bits per heavy atom.